The third kappa shape index (κ3) is 4.00. The van der Waals surface area contributed by atoms with Gasteiger partial charge in [0, 0.05) is 38.3 Å². The standard InChI is InChI=1S/C15H25N5O2S/c1-9(2)17-14(21)12-11(16)13(23-18-12)15(22)20-7-5-19(6-8-20)10(3)4/h9-10H,5-8,16H2,1-4H3,(H,17,21). The highest BCUT2D eigenvalue weighted by atomic mass is 32.1. The molecule has 1 fully saturated rings. The number of amides is 2. The van der Waals surface area contributed by atoms with Crippen LogP contribution in [0.15, 0.2) is 0 Å². The molecule has 1 aromatic rings. The van der Waals surface area contributed by atoms with Crippen molar-refractivity contribution in [1.29, 1.82) is 0 Å². The van der Waals surface area contributed by atoms with E-state index in [1.165, 1.54) is 0 Å². The summed E-state index contributed by atoms with van der Waals surface area (Å²) in [7, 11) is 0. The zero-order valence-electron chi connectivity index (χ0n) is 14.1. The molecule has 3 N–H and O–H groups in total. The molecule has 0 bridgehead atoms. The van der Waals surface area contributed by atoms with Gasteiger partial charge >= 0.3 is 0 Å². The number of nitrogens with zero attached hydrogens (tertiary/aromatic N) is 3. The van der Waals surface area contributed by atoms with Crippen molar-refractivity contribution in [2.75, 3.05) is 31.9 Å². The monoisotopic (exact) mass is 339 g/mol. The van der Waals surface area contributed by atoms with Crippen molar-refractivity contribution < 1.29 is 9.59 Å². The van der Waals surface area contributed by atoms with Gasteiger partial charge in [0.05, 0.1) is 5.69 Å². The topological polar surface area (TPSA) is 91.6 Å². The molecule has 8 heteroatoms. The van der Waals surface area contributed by atoms with Crippen LogP contribution in [0.2, 0.25) is 0 Å². The highest BCUT2D eigenvalue weighted by Gasteiger charge is 2.28. The van der Waals surface area contributed by atoms with E-state index in [9.17, 15) is 9.59 Å². The van der Waals surface area contributed by atoms with Crippen LogP contribution < -0.4 is 11.1 Å². The van der Waals surface area contributed by atoms with Gasteiger partial charge in [-0.3, -0.25) is 14.5 Å². The minimum atomic E-state index is -0.336. The Bertz CT molecular complexity index is 576. The molecule has 1 aromatic heterocycles. The van der Waals surface area contributed by atoms with Crippen LogP contribution in [0.25, 0.3) is 0 Å². The van der Waals surface area contributed by atoms with Crippen molar-refractivity contribution in [1.82, 2.24) is 19.5 Å². The third-order valence-electron chi connectivity index (χ3n) is 3.89. The number of piperazine rings is 1. The highest BCUT2D eigenvalue weighted by Crippen LogP contribution is 2.24. The van der Waals surface area contributed by atoms with E-state index < -0.39 is 0 Å². The highest BCUT2D eigenvalue weighted by molar-refractivity contribution is 7.09. The van der Waals surface area contributed by atoms with Crippen LogP contribution >= 0.6 is 11.5 Å². The van der Waals surface area contributed by atoms with Gasteiger partial charge < -0.3 is 16.0 Å². The van der Waals surface area contributed by atoms with Gasteiger partial charge in [-0.2, -0.15) is 4.37 Å². The predicted octanol–water partition coefficient (Wildman–Crippen LogP) is 1.03. The molecule has 7 nitrogen and oxygen atoms in total. The number of hydrogen-bond acceptors (Lipinski definition) is 6. The first-order valence-corrected chi connectivity index (χ1v) is 8.68. The maximum absolute atomic E-state index is 12.6. The Hall–Kier alpha value is -1.67. The summed E-state index contributed by atoms with van der Waals surface area (Å²) in [5, 5.41) is 2.74. The normalized spacial score (nSPS) is 16.2. The number of rotatable bonds is 4. The van der Waals surface area contributed by atoms with E-state index in [4.69, 9.17) is 5.73 Å². The lowest BCUT2D eigenvalue weighted by Gasteiger charge is -2.36. The Kier molecular flexibility index (Phi) is 5.59. The van der Waals surface area contributed by atoms with Gasteiger partial charge in [0.15, 0.2) is 5.69 Å². The smallest absolute Gasteiger partial charge is 0.273 e. The lowest BCUT2D eigenvalue weighted by molar-refractivity contribution is 0.0601. The molecule has 23 heavy (non-hydrogen) atoms. The number of hydrogen-bond donors (Lipinski definition) is 2. The van der Waals surface area contributed by atoms with Gasteiger partial charge in [0.25, 0.3) is 11.8 Å². The Balaban J connectivity index is 2.06. The molecular formula is C15H25N5O2S. The molecule has 0 saturated carbocycles. The van der Waals surface area contributed by atoms with Crippen LogP contribution in [-0.4, -0.2) is 64.3 Å². The SMILES string of the molecule is CC(C)NC(=O)c1nsc(C(=O)N2CCN(C(C)C)CC2)c1N. The first-order chi connectivity index (χ1) is 10.8. The number of nitrogen functional groups attached to an aromatic ring is 1. The minimum Gasteiger partial charge on any atom is -0.395 e. The van der Waals surface area contributed by atoms with Gasteiger partial charge in [0.2, 0.25) is 0 Å². The first kappa shape index (κ1) is 17.7. The summed E-state index contributed by atoms with van der Waals surface area (Å²) in [5.74, 6) is -0.468. The van der Waals surface area contributed by atoms with Crippen LogP contribution in [0.3, 0.4) is 0 Å². The molecule has 1 saturated heterocycles. The summed E-state index contributed by atoms with van der Waals surface area (Å²) in [6, 6.07) is 0.471. The third-order valence-corrected chi connectivity index (χ3v) is 4.74. The van der Waals surface area contributed by atoms with Crippen molar-refractivity contribution in [3.63, 3.8) is 0 Å². The molecule has 0 unspecified atom stereocenters. The van der Waals surface area contributed by atoms with Crippen LogP contribution in [0.4, 0.5) is 5.69 Å². The second-order valence-electron chi connectivity index (χ2n) is 6.32. The molecule has 0 radical (unpaired) electrons. The first-order valence-electron chi connectivity index (χ1n) is 7.90. The maximum Gasteiger partial charge on any atom is 0.273 e. The molecule has 2 amide bonds. The van der Waals surface area contributed by atoms with Crippen LogP contribution in [0.1, 0.15) is 47.9 Å². The van der Waals surface area contributed by atoms with Gasteiger partial charge in [-0.05, 0) is 39.2 Å². The van der Waals surface area contributed by atoms with Gasteiger partial charge in [-0.15, -0.1) is 0 Å². The molecule has 0 spiro atoms. The number of nitrogens with one attached hydrogen (secondary N) is 1. The Labute approximate surface area is 141 Å². The average molecular weight is 339 g/mol. The van der Waals surface area contributed by atoms with Gasteiger partial charge in [-0.1, -0.05) is 0 Å². The maximum atomic E-state index is 12.6. The molecule has 1 aliphatic heterocycles. The minimum absolute atomic E-state index is 0.00753. The Morgan fingerprint density at radius 2 is 1.78 bits per heavy atom. The molecule has 0 aliphatic carbocycles. The lowest BCUT2D eigenvalue weighted by atomic mass is 10.2. The lowest BCUT2D eigenvalue weighted by Crippen LogP contribution is -2.50. The summed E-state index contributed by atoms with van der Waals surface area (Å²) < 4.78 is 4.07. The largest absolute Gasteiger partial charge is 0.395 e. The molecule has 2 heterocycles. The molecular weight excluding hydrogens is 314 g/mol. The van der Waals surface area contributed by atoms with Crippen molar-refractivity contribution in [2.45, 2.75) is 39.8 Å². The zero-order valence-corrected chi connectivity index (χ0v) is 14.9. The molecule has 2 rings (SSSR count). The molecule has 0 aromatic carbocycles. The van der Waals surface area contributed by atoms with Crippen LogP contribution in [0, 0.1) is 0 Å². The summed E-state index contributed by atoms with van der Waals surface area (Å²) in [5.41, 5.74) is 6.32. The second-order valence-corrected chi connectivity index (χ2v) is 7.10. The zero-order chi connectivity index (χ0) is 17.1. The van der Waals surface area contributed by atoms with Crippen molar-refractivity contribution >= 4 is 29.0 Å². The fourth-order valence-corrected chi connectivity index (χ4v) is 3.30. The van der Waals surface area contributed by atoms with Crippen molar-refractivity contribution in [3.05, 3.63) is 10.6 Å². The van der Waals surface area contributed by atoms with E-state index in [2.05, 4.69) is 28.4 Å². The van der Waals surface area contributed by atoms with Gasteiger partial charge in [0.1, 0.15) is 4.88 Å². The average Bonchev–Trinajstić information content (AvgIpc) is 2.87. The quantitative estimate of drug-likeness (QED) is 0.855. The van der Waals surface area contributed by atoms with Crippen molar-refractivity contribution in [3.8, 4) is 0 Å². The van der Waals surface area contributed by atoms with Crippen LogP contribution in [-0.2, 0) is 0 Å². The predicted molar refractivity (Wildman–Crippen MR) is 91.7 cm³/mol. The molecule has 1 aliphatic rings. The van der Waals surface area contributed by atoms with E-state index in [0.717, 1.165) is 24.6 Å². The second kappa shape index (κ2) is 7.27. The fraction of sp³-hybridized carbons (Fsp3) is 0.667. The van der Waals surface area contributed by atoms with Gasteiger partial charge in [-0.25, -0.2) is 0 Å². The van der Waals surface area contributed by atoms with E-state index in [1.54, 1.807) is 4.90 Å². The Morgan fingerprint density at radius 1 is 1.17 bits per heavy atom. The van der Waals surface area contributed by atoms with Crippen molar-refractivity contribution in [2.24, 2.45) is 0 Å². The summed E-state index contributed by atoms with van der Waals surface area (Å²) in [4.78, 5) is 29.1. The summed E-state index contributed by atoms with van der Waals surface area (Å²) in [6.45, 7) is 11.1. The van der Waals surface area contributed by atoms with E-state index in [-0.39, 0.29) is 29.2 Å². The number of anilines is 1. The fourth-order valence-electron chi connectivity index (χ4n) is 2.53. The number of aromatic nitrogens is 1. The Morgan fingerprint density at radius 3 is 2.30 bits per heavy atom. The van der Waals surface area contributed by atoms with E-state index in [1.807, 2.05) is 13.8 Å². The summed E-state index contributed by atoms with van der Waals surface area (Å²) >= 11 is 1.000. The van der Waals surface area contributed by atoms with E-state index >= 15 is 0 Å². The van der Waals surface area contributed by atoms with Crippen LogP contribution in [0.5, 0.6) is 0 Å². The molecule has 128 valence electrons. The molecule has 0 atom stereocenters. The summed E-state index contributed by atoms with van der Waals surface area (Å²) in [6.07, 6.45) is 0. The van der Waals surface area contributed by atoms with E-state index in [0.29, 0.717) is 24.0 Å². The number of nitrogens with two attached hydrogens (primary N) is 1. The number of carbonyl (C=O) groups excluding carboxylic acids is 2. The number of carbonyl (C=O) groups is 2.